The number of hydrogen-bond acceptors (Lipinski definition) is 5. The minimum Gasteiger partial charge on any atom is -0.489 e. The summed E-state index contributed by atoms with van der Waals surface area (Å²) >= 11 is 0. The van der Waals surface area contributed by atoms with Crippen molar-refractivity contribution in [3.8, 4) is 5.75 Å². The van der Waals surface area contributed by atoms with Gasteiger partial charge in [-0.3, -0.25) is 4.79 Å². The van der Waals surface area contributed by atoms with Gasteiger partial charge in [-0.15, -0.1) is 0 Å². The predicted molar refractivity (Wildman–Crippen MR) is 79.4 cm³/mol. The predicted octanol–water partition coefficient (Wildman–Crippen LogP) is 1.19. The third-order valence-corrected chi connectivity index (χ3v) is 3.26. The molecule has 2 rings (SSSR count). The van der Waals surface area contributed by atoms with Gasteiger partial charge in [0.25, 0.3) is 0 Å². The maximum absolute atomic E-state index is 10.6. The highest BCUT2D eigenvalue weighted by Gasteiger charge is 2.17. The molecule has 6 nitrogen and oxygen atoms in total. The first-order chi connectivity index (χ1) is 9.60. The van der Waals surface area contributed by atoms with Crippen LogP contribution in [0.2, 0.25) is 0 Å². The number of carbonyl (C=O) groups excluding carboxylic acids is 1. The van der Waals surface area contributed by atoms with E-state index in [1.165, 1.54) is 0 Å². The Hall–Kier alpha value is -1.82. The van der Waals surface area contributed by atoms with Gasteiger partial charge in [-0.2, -0.15) is 0 Å². The van der Waals surface area contributed by atoms with E-state index < -0.39 is 0 Å². The Morgan fingerprint density at radius 2 is 2.05 bits per heavy atom. The molecule has 2 heterocycles. The monoisotopic (exact) mass is 278 g/mol. The molecule has 0 atom stereocenters. The second-order valence-corrected chi connectivity index (χ2v) is 5.26. The maximum atomic E-state index is 10.6. The number of piperazine rings is 1. The van der Waals surface area contributed by atoms with Crippen LogP contribution in [0.5, 0.6) is 5.75 Å². The maximum Gasteiger partial charge on any atom is 0.211 e. The van der Waals surface area contributed by atoms with E-state index in [0.717, 1.165) is 32.0 Å². The fourth-order valence-electron chi connectivity index (χ4n) is 2.16. The molecule has 1 saturated heterocycles. The SMILES string of the molecule is CC(C)Oc1cc(N2CCN(C)CC2)ncc1NC=O. The van der Waals surface area contributed by atoms with E-state index in [1.807, 2.05) is 19.9 Å². The van der Waals surface area contributed by atoms with Crippen LogP contribution in [0.4, 0.5) is 11.5 Å². The Kier molecular flexibility index (Phi) is 4.79. The molecule has 1 aliphatic rings. The molecule has 20 heavy (non-hydrogen) atoms. The Bertz CT molecular complexity index is 456. The minimum atomic E-state index is 0.0462. The molecule has 0 radical (unpaired) electrons. The van der Waals surface area contributed by atoms with Crippen LogP contribution in [0.3, 0.4) is 0 Å². The van der Waals surface area contributed by atoms with Crippen molar-refractivity contribution >= 4 is 17.9 Å². The summed E-state index contributed by atoms with van der Waals surface area (Å²) in [6.45, 7) is 7.87. The van der Waals surface area contributed by atoms with E-state index in [2.05, 4.69) is 27.1 Å². The number of ether oxygens (including phenoxy) is 1. The summed E-state index contributed by atoms with van der Waals surface area (Å²) < 4.78 is 5.75. The molecule has 0 bridgehead atoms. The van der Waals surface area contributed by atoms with Crippen LogP contribution in [0.1, 0.15) is 13.8 Å². The van der Waals surface area contributed by atoms with Gasteiger partial charge in [-0.25, -0.2) is 4.98 Å². The van der Waals surface area contributed by atoms with Gasteiger partial charge >= 0.3 is 0 Å². The van der Waals surface area contributed by atoms with E-state index in [-0.39, 0.29) is 6.10 Å². The molecule has 0 saturated carbocycles. The normalized spacial score (nSPS) is 16.3. The number of nitrogens with one attached hydrogen (secondary N) is 1. The molecule has 1 aromatic heterocycles. The first-order valence-electron chi connectivity index (χ1n) is 6.90. The zero-order valence-electron chi connectivity index (χ0n) is 12.3. The van der Waals surface area contributed by atoms with Crippen molar-refractivity contribution in [2.24, 2.45) is 0 Å². The number of amides is 1. The van der Waals surface area contributed by atoms with Gasteiger partial charge in [0, 0.05) is 32.2 Å². The molecule has 6 heteroatoms. The summed E-state index contributed by atoms with van der Waals surface area (Å²) in [4.78, 5) is 19.6. The highest BCUT2D eigenvalue weighted by molar-refractivity contribution is 5.75. The highest BCUT2D eigenvalue weighted by atomic mass is 16.5. The van der Waals surface area contributed by atoms with Gasteiger partial charge in [-0.1, -0.05) is 0 Å². The number of rotatable bonds is 5. The van der Waals surface area contributed by atoms with Crippen LogP contribution < -0.4 is 15.0 Å². The van der Waals surface area contributed by atoms with Crippen molar-refractivity contribution in [1.82, 2.24) is 9.88 Å². The lowest BCUT2D eigenvalue weighted by molar-refractivity contribution is -0.105. The number of anilines is 2. The van der Waals surface area contributed by atoms with Crippen LogP contribution >= 0.6 is 0 Å². The Morgan fingerprint density at radius 3 is 2.65 bits per heavy atom. The smallest absolute Gasteiger partial charge is 0.211 e. The first kappa shape index (κ1) is 14.6. The molecule has 0 unspecified atom stereocenters. The zero-order valence-corrected chi connectivity index (χ0v) is 12.3. The number of carbonyl (C=O) groups is 1. The third kappa shape index (κ3) is 3.60. The van der Waals surface area contributed by atoms with Crippen molar-refractivity contribution in [1.29, 1.82) is 0 Å². The molecule has 0 aliphatic carbocycles. The Morgan fingerprint density at radius 1 is 1.35 bits per heavy atom. The lowest BCUT2D eigenvalue weighted by atomic mass is 10.3. The van der Waals surface area contributed by atoms with E-state index in [1.54, 1.807) is 6.20 Å². The molecule has 0 spiro atoms. The number of aromatic nitrogens is 1. The quantitative estimate of drug-likeness (QED) is 0.820. The molecule has 1 aromatic rings. The van der Waals surface area contributed by atoms with Gasteiger partial charge in [0.15, 0.2) is 0 Å². The van der Waals surface area contributed by atoms with E-state index in [0.29, 0.717) is 17.8 Å². The minimum absolute atomic E-state index is 0.0462. The molecule has 1 aliphatic heterocycles. The van der Waals surface area contributed by atoms with Gasteiger partial charge < -0.3 is 19.9 Å². The molecular formula is C14H22N4O2. The third-order valence-electron chi connectivity index (χ3n) is 3.26. The molecule has 1 fully saturated rings. The Balaban J connectivity index is 2.19. The second kappa shape index (κ2) is 6.56. The van der Waals surface area contributed by atoms with Crippen LogP contribution in [0.25, 0.3) is 0 Å². The van der Waals surface area contributed by atoms with Gasteiger partial charge in [0.2, 0.25) is 6.41 Å². The highest BCUT2D eigenvalue weighted by Crippen LogP contribution is 2.28. The van der Waals surface area contributed by atoms with Crippen molar-refractivity contribution in [2.45, 2.75) is 20.0 Å². The summed E-state index contributed by atoms with van der Waals surface area (Å²) in [7, 11) is 2.12. The number of likely N-dealkylation sites (N-methyl/N-ethyl adjacent to an activating group) is 1. The summed E-state index contributed by atoms with van der Waals surface area (Å²) in [5, 5.41) is 2.62. The molecule has 0 aromatic carbocycles. The number of pyridine rings is 1. The average Bonchev–Trinajstić information content (AvgIpc) is 2.41. The standard InChI is InChI=1S/C14H22N4O2/c1-11(2)20-13-8-14(15-9-12(13)16-10-19)18-6-4-17(3)5-7-18/h8-11H,4-7H2,1-3H3,(H,16,19). The van der Waals surface area contributed by atoms with Crippen molar-refractivity contribution in [3.63, 3.8) is 0 Å². The van der Waals surface area contributed by atoms with Crippen LogP contribution in [-0.2, 0) is 4.79 Å². The topological polar surface area (TPSA) is 57.7 Å². The van der Waals surface area contributed by atoms with E-state index in [4.69, 9.17) is 4.74 Å². The van der Waals surface area contributed by atoms with E-state index in [9.17, 15) is 4.79 Å². The number of nitrogens with zero attached hydrogens (tertiary/aromatic N) is 3. The van der Waals surface area contributed by atoms with E-state index >= 15 is 0 Å². The molecule has 110 valence electrons. The fraction of sp³-hybridized carbons (Fsp3) is 0.571. The zero-order chi connectivity index (χ0) is 14.5. The van der Waals surface area contributed by atoms with Crippen molar-refractivity contribution in [3.05, 3.63) is 12.3 Å². The lowest BCUT2D eigenvalue weighted by Crippen LogP contribution is -2.44. The molecular weight excluding hydrogens is 256 g/mol. The molecule has 1 N–H and O–H groups in total. The average molecular weight is 278 g/mol. The largest absolute Gasteiger partial charge is 0.489 e. The lowest BCUT2D eigenvalue weighted by Gasteiger charge is -2.33. The summed E-state index contributed by atoms with van der Waals surface area (Å²) in [6, 6.07) is 1.90. The number of hydrogen-bond donors (Lipinski definition) is 1. The summed E-state index contributed by atoms with van der Waals surface area (Å²) in [5.74, 6) is 1.56. The summed E-state index contributed by atoms with van der Waals surface area (Å²) in [6.07, 6.45) is 2.34. The molecule has 1 amide bonds. The first-order valence-corrected chi connectivity index (χ1v) is 6.90. The van der Waals surface area contributed by atoms with Crippen molar-refractivity contribution < 1.29 is 9.53 Å². The second-order valence-electron chi connectivity index (χ2n) is 5.26. The van der Waals surface area contributed by atoms with Gasteiger partial charge in [0.1, 0.15) is 17.3 Å². The van der Waals surface area contributed by atoms with Crippen LogP contribution in [0, 0.1) is 0 Å². The van der Waals surface area contributed by atoms with Gasteiger partial charge in [0.05, 0.1) is 12.3 Å². The van der Waals surface area contributed by atoms with Gasteiger partial charge in [-0.05, 0) is 20.9 Å². The summed E-state index contributed by atoms with van der Waals surface area (Å²) in [5.41, 5.74) is 0.603. The Labute approximate surface area is 119 Å². The van der Waals surface area contributed by atoms with Crippen LogP contribution in [-0.4, -0.2) is 55.6 Å². The van der Waals surface area contributed by atoms with Crippen molar-refractivity contribution in [2.75, 3.05) is 43.4 Å². The fourth-order valence-corrected chi connectivity index (χ4v) is 2.16. The van der Waals surface area contributed by atoms with Crippen LogP contribution in [0.15, 0.2) is 12.3 Å².